The van der Waals surface area contributed by atoms with Gasteiger partial charge in [-0.2, -0.15) is 0 Å². The van der Waals surface area contributed by atoms with Crippen LogP contribution in [0.3, 0.4) is 0 Å². The van der Waals surface area contributed by atoms with E-state index in [-0.39, 0.29) is 48.4 Å². The number of rotatable bonds is 5. The first-order valence-electron chi connectivity index (χ1n) is 9.37. The molecule has 4 nitrogen and oxygen atoms in total. The van der Waals surface area contributed by atoms with Gasteiger partial charge in [-0.05, 0) is 35.7 Å². The summed E-state index contributed by atoms with van der Waals surface area (Å²) in [7, 11) is 0. The maximum atomic E-state index is 13.1. The monoisotopic (exact) mass is 467 g/mol. The minimum atomic E-state index is -0.254. The van der Waals surface area contributed by atoms with Crippen LogP contribution >= 0.6 is 36.2 Å². The van der Waals surface area contributed by atoms with Gasteiger partial charge in [0.05, 0.1) is 5.01 Å². The Morgan fingerprint density at radius 2 is 1.80 bits per heavy atom. The van der Waals surface area contributed by atoms with Crippen LogP contribution in [0.25, 0.3) is 0 Å². The number of benzene rings is 2. The van der Waals surface area contributed by atoms with E-state index < -0.39 is 0 Å². The molecule has 0 radical (unpaired) electrons. The molecule has 1 aliphatic heterocycles. The van der Waals surface area contributed by atoms with Crippen molar-refractivity contribution in [1.29, 1.82) is 0 Å². The number of carbonyl (C=O) groups excluding carboxylic acids is 1. The molecule has 0 unspecified atom stereocenters. The Morgan fingerprint density at radius 3 is 2.47 bits per heavy atom. The van der Waals surface area contributed by atoms with Crippen LogP contribution in [0.2, 0.25) is 0 Å². The molecule has 2 atom stereocenters. The molecule has 3 aromatic rings. The number of aromatic nitrogens is 1. The van der Waals surface area contributed by atoms with Gasteiger partial charge in [0.15, 0.2) is 0 Å². The lowest BCUT2D eigenvalue weighted by Gasteiger charge is -2.16. The number of thiazole rings is 1. The third-order valence-corrected chi connectivity index (χ3v) is 6.15. The molecule has 2 N–H and O–H groups in total. The third-order valence-electron chi connectivity index (χ3n) is 5.30. The highest BCUT2D eigenvalue weighted by Crippen LogP contribution is 2.33. The molecule has 4 rings (SSSR count). The molecule has 1 aliphatic rings. The molecule has 30 heavy (non-hydrogen) atoms. The van der Waals surface area contributed by atoms with Crippen molar-refractivity contribution in [3.8, 4) is 0 Å². The summed E-state index contributed by atoms with van der Waals surface area (Å²) in [5.41, 5.74) is 8.66. The minimum Gasteiger partial charge on any atom is -0.336 e. The molecule has 0 bridgehead atoms. The van der Waals surface area contributed by atoms with E-state index in [0.717, 1.165) is 10.6 Å². The van der Waals surface area contributed by atoms with E-state index >= 15 is 0 Å². The van der Waals surface area contributed by atoms with E-state index in [4.69, 9.17) is 5.73 Å². The van der Waals surface area contributed by atoms with E-state index in [1.807, 2.05) is 28.5 Å². The number of amides is 1. The number of hydrogen-bond donors (Lipinski definition) is 1. The van der Waals surface area contributed by atoms with Crippen LogP contribution < -0.4 is 5.73 Å². The lowest BCUT2D eigenvalue weighted by molar-refractivity contribution is 0.0781. The number of nitrogens with zero attached hydrogens (tertiary/aromatic N) is 2. The van der Waals surface area contributed by atoms with Crippen LogP contribution in [0, 0.1) is 11.7 Å². The van der Waals surface area contributed by atoms with E-state index in [0.29, 0.717) is 31.7 Å². The van der Waals surface area contributed by atoms with Crippen molar-refractivity contribution >= 4 is 42.1 Å². The Hall–Kier alpha value is -1.99. The molecule has 2 aromatic carbocycles. The zero-order valence-corrected chi connectivity index (χ0v) is 18.7. The Labute approximate surface area is 192 Å². The van der Waals surface area contributed by atoms with Crippen molar-refractivity contribution in [2.24, 2.45) is 11.7 Å². The molecular formula is C22H24Cl2FN3OS. The van der Waals surface area contributed by atoms with Crippen LogP contribution in [0.1, 0.15) is 32.5 Å². The predicted octanol–water partition coefficient (Wildman–Crippen LogP) is 4.53. The van der Waals surface area contributed by atoms with Gasteiger partial charge in [0, 0.05) is 30.8 Å². The van der Waals surface area contributed by atoms with Crippen LogP contribution in [0.5, 0.6) is 0 Å². The van der Waals surface area contributed by atoms with Crippen LogP contribution in [-0.4, -0.2) is 35.4 Å². The van der Waals surface area contributed by atoms with Gasteiger partial charge < -0.3 is 10.6 Å². The average Bonchev–Trinajstić information content (AvgIpc) is 3.37. The SMILES string of the molecule is Cl.Cl.NC[C@@H]1CN(C(=O)c2csc(Cc3ccc(F)cc3)n2)C[C@H]1c1ccccc1. The van der Waals surface area contributed by atoms with Crippen LogP contribution in [-0.2, 0) is 6.42 Å². The Morgan fingerprint density at radius 1 is 1.10 bits per heavy atom. The summed E-state index contributed by atoms with van der Waals surface area (Å²) in [5.74, 6) is 0.213. The van der Waals surface area contributed by atoms with Crippen molar-refractivity contribution in [3.63, 3.8) is 0 Å². The maximum Gasteiger partial charge on any atom is 0.273 e. The first-order valence-corrected chi connectivity index (χ1v) is 10.2. The first kappa shape index (κ1) is 24.3. The highest BCUT2D eigenvalue weighted by molar-refractivity contribution is 7.09. The second-order valence-electron chi connectivity index (χ2n) is 7.15. The summed E-state index contributed by atoms with van der Waals surface area (Å²) in [6.45, 7) is 1.87. The fourth-order valence-electron chi connectivity index (χ4n) is 3.78. The van der Waals surface area contributed by atoms with Crippen molar-refractivity contribution in [1.82, 2.24) is 9.88 Å². The minimum absolute atomic E-state index is 0. The zero-order valence-electron chi connectivity index (χ0n) is 16.2. The lowest BCUT2D eigenvalue weighted by atomic mass is 9.89. The molecule has 2 heterocycles. The number of nitrogens with two attached hydrogens (primary N) is 1. The summed E-state index contributed by atoms with van der Waals surface area (Å²) in [6, 6.07) is 16.6. The van der Waals surface area contributed by atoms with Crippen molar-refractivity contribution < 1.29 is 9.18 Å². The molecule has 1 amide bonds. The topological polar surface area (TPSA) is 59.2 Å². The van der Waals surface area contributed by atoms with Gasteiger partial charge in [-0.1, -0.05) is 42.5 Å². The summed E-state index contributed by atoms with van der Waals surface area (Å²) < 4.78 is 13.1. The standard InChI is InChI=1S/C22H22FN3OS.2ClH/c23-18-8-6-15(7-9-18)10-21-25-20(14-28-21)22(27)26-12-17(11-24)19(13-26)16-4-2-1-3-5-16;;/h1-9,14,17,19H,10-13,24H2;2*1H/t17-,19+;;/m1../s1. The van der Waals surface area contributed by atoms with Crippen molar-refractivity contribution in [3.05, 3.63) is 87.6 Å². The molecule has 1 fully saturated rings. The van der Waals surface area contributed by atoms with Crippen molar-refractivity contribution in [2.75, 3.05) is 19.6 Å². The van der Waals surface area contributed by atoms with Crippen LogP contribution in [0.4, 0.5) is 4.39 Å². The van der Waals surface area contributed by atoms with Gasteiger partial charge in [-0.15, -0.1) is 36.2 Å². The molecule has 1 aromatic heterocycles. The van der Waals surface area contributed by atoms with E-state index in [9.17, 15) is 9.18 Å². The summed E-state index contributed by atoms with van der Waals surface area (Å²) >= 11 is 1.46. The summed E-state index contributed by atoms with van der Waals surface area (Å²) in [5, 5.41) is 2.67. The maximum absolute atomic E-state index is 13.1. The van der Waals surface area contributed by atoms with Crippen LogP contribution in [0.15, 0.2) is 60.0 Å². The number of carbonyl (C=O) groups is 1. The van der Waals surface area contributed by atoms with Gasteiger partial charge >= 0.3 is 0 Å². The van der Waals surface area contributed by atoms with E-state index in [2.05, 4.69) is 17.1 Å². The highest BCUT2D eigenvalue weighted by Gasteiger charge is 2.36. The smallest absolute Gasteiger partial charge is 0.273 e. The predicted molar refractivity (Wildman–Crippen MR) is 123 cm³/mol. The van der Waals surface area contributed by atoms with E-state index in [1.54, 1.807) is 12.1 Å². The molecule has 8 heteroatoms. The molecule has 0 aliphatic carbocycles. The molecular weight excluding hydrogens is 444 g/mol. The molecule has 0 saturated carbocycles. The quantitative estimate of drug-likeness (QED) is 0.599. The summed E-state index contributed by atoms with van der Waals surface area (Å²) in [6.07, 6.45) is 0.594. The Balaban J connectivity index is 0.00000160. The van der Waals surface area contributed by atoms with Gasteiger partial charge in [-0.25, -0.2) is 9.37 Å². The van der Waals surface area contributed by atoms with Gasteiger partial charge in [0.2, 0.25) is 0 Å². The lowest BCUT2D eigenvalue weighted by Crippen LogP contribution is -2.30. The van der Waals surface area contributed by atoms with Gasteiger partial charge in [0.1, 0.15) is 11.5 Å². The van der Waals surface area contributed by atoms with Gasteiger partial charge in [0.25, 0.3) is 5.91 Å². The fourth-order valence-corrected chi connectivity index (χ4v) is 4.59. The second kappa shape index (κ2) is 10.9. The van der Waals surface area contributed by atoms with E-state index in [1.165, 1.54) is 29.0 Å². The van der Waals surface area contributed by atoms with Gasteiger partial charge in [-0.3, -0.25) is 4.79 Å². The fraction of sp³-hybridized carbons (Fsp3) is 0.273. The molecule has 1 saturated heterocycles. The second-order valence-corrected chi connectivity index (χ2v) is 8.10. The zero-order chi connectivity index (χ0) is 19.5. The highest BCUT2D eigenvalue weighted by atomic mass is 35.5. The summed E-state index contributed by atoms with van der Waals surface area (Å²) in [4.78, 5) is 19.4. The number of likely N-dealkylation sites (tertiary alicyclic amines) is 1. The average molecular weight is 468 g/mol. The third kappa shape index (κ3) is 5.38. The first-order chi connectivity index (χ1) is 13.6. The Kier molecular flexibility index (Phi) is 8.79. The molecule has 160 valence electrons. The molecule has 0 spiro atoms. The number of halogens is 3. The normalized spacial score (nSPS) is 17.9. The Bertz CT molecular complexity index is 953. The number of hydrogen-bond acceptors (Lipinski definition) is 4. The van der Waals surface area contributed by atoms with Crippen molar-refractivity contribution in [2.45, 2.75) is 12.3 Å². The largest absolute Gasteiger partial charge is 0.336 e.